The van der Waals surface area contributed by atoms with Gasteiger partial charge in [-0.1, -0.05) is 13.8 Å². The van der Waals surface area contributed by atoms with Crippen molar-refractivity contribution in [1.82, 2.24) is 10.6 Å². The molecular formula is C11H22N2O3. The van der Waals surface area contributed by atoms with Gasteiger partial charge in [-0.3, -0.25) is 9.59 Å². The molecule has 16 heavy (non-hydrogen) atoms. The molecule has 0 aromatic carbocycles. The standard InChI is InChI=1S/C11H22N2O3/c1-9(15)12-6-4-10(16)13-8-11(2,3)5-7-14/h14H,4-8H2,1-3H3,(H,12,15)(H,13,16). The molecule has 0 spiro atoms. The van der Waals surface area contributed by atoms with E-state index in [4.69, 9.17) is 5.11 Å². The molecule has 0 fully saturated rings. The summed E-state index contributed by atoms with van der Waals surface area (Å²) in [6.07, 6.45) is 0.938. The molecule has 5 heteroatoms. The fourth-order valence-corrected chi connectivity index (χ4v) is 1.17. The van der Waals surface area contributed by atoms with Crippen LogP contribution in [0.3, 0.4) is 0 Å². The van der Waals surface area contributed by atoms with Crippen LogP contribution in [0.25, 0.3) is 0 Å². The highest BCUT2D eigenvalue weighted by Gasteiger charge is 2.17. The summed E-state index contributed by atoms with van der Waals surface area (Å²) in [5, 5.41) is 14.1. The average Bonchev–Trinajstić information content (AvgIpc) is 2.14. The number of hydrogen-bond donors (Lipinski definition) is 3. The van der Waals surface area contributed by atoms with Crippen molar-refractivity contribution in [3.63, 3.8) is 0 Å². The van der Waals surface area contributed by atoms with Crippen LogP contribution in [0.2, 0.25) is 0 Å². The Bertz CT molecular complexity index is 239. The fourth-order valence-electron chi connectivity index (χ4n) is 1.17. The summed E-state index contributed by atoms with van der Waals surface area (Å²) in [5.74, 6) is -0.215. The molecule has 0 aliphatic rings. The summed E-state index contributed by atoms with van der Waals surface area (Å²) in [6, 6.07) is 0. The fraction of sp³-hybridized carbons (Fsp3) is 0.818. The van der Waals surface area contributed by atoms with Gasteiger partial charge in [0, 0.05) is 33.0 Å². The Hall–Kier alpha value is -1.10. The maximum absolute atomic E-state index is 11.4. The van der Waals surface area contributed by atoms with Crippen LogP contribution in [0.1, 0.15) is 33.6 Å². The first-order valence-corrected chi connectivity index (χ1v) is 5.49. The molecule has 0 bridgehead atoms. The third-order valence-corrected chi connectivity index (χ3v) is 2.28. The van der Waals surface area contributed by atoms with Crippen molar-refractivity contribution in [3.8, 4) is 0 Å². The Morgan fingerprint density at radius 2 is 1.88 bits per heavy atom. The van der Waals surface area contributed by atoms with E-state index in [0.717, 1.165) is 0 Å². The van der Waals surface area contributed by atoms with Crippen molar-refractivity contribution in [2.24, 2.45) is 5.41 Å². The molecule has 94 valence electrons. The van der Waals surface area contributed by atoms with Crippen LogP contribution in [0.15, 0.2) is 0 Å². The second-order valence-corrected chi connectivity index (χ2v) is 4.65. The second kappa shape index (κ2) is 7.22. The second-order valence-electron chi connectivity index (χ2n) is 4.65. The molecule has 2 amide bonds. The van der Waals surface area contributed by atoms with Crippen LogP contribution < -0.4 is 10.6 Å². The molecule has 0 heterocycles. The minimum absolute atomic E-state index is 0.0836. The molecule has 0 saturated carbocycles. The number of rotatable bonds is 7. The molecule has 3 N–H and O–H groups in total. The Labute approximate surface area is 96.6 Å². The van der Waals surface area contributed by atoms with Gasteiger partial charge in [0.25, 0.3) is 0 Å². The molecule has 0 saturated heterocycles. The van der Waals surface area contributed by atoms with Crippen molar-refractivity contribution < 1.29 is 14.7 Å². The number of aliphatic hydroxyl groups is 1. The number of aliphatic hydroxyl groups excluding tert-OH is 1. The van der Waals surface area contributed by atoms with Gasteiger partial charge < -0.3 is 15.7 Å². The predicted octanol–water partition coefficient (Wildman–Crippen LogP) is 0.0374. The van der Waals surface area contributed by atoms with Gasteiger partial charge in [-0.05, 0) is 11.8 Å². The topological polar surface area (TPSA) is 78.4 Å². The van der Waals surface area contributed by atoms with Gasteiger partial charge in [0.05, 0.1) is 0 Å². The quantitative estimate of drug-likeness (QED) is 0.577. The Balaban J connectivity index is 3.68. The van der Waals surface area contributed by atoms with E-state index in [1.54, 1.807) is 0 Å². The molecule has 0 aromatic rings. The molecule has 0 aliphatic carbocycles. The van der Waals surface area contributed by atoms with Crippen LogP contribution >= 0.6 is 0 Å². The lowest BCUT2D eigenvalue weighted by Crippen LogP contribution is -2.36. The van der Waals surface area contributed by atoms with Crippen molar-refractivity contribution in [2.45, 2.75) is 33.6 Å². The maximum atomic E-state index is 11.4. The van der Waals surface area contributed by atoms with E-state index in [-0.39, 0.29) is 30.3 Å². The minimum Gasteiger partial charge on any atom is -0.396 e. The highest BCUT2D eigenvalue weighted by Crippen LogP contribution is 2.17. The summed E-state index contributed by atoms with van der Waals surface area (Å²) in [7, 11) is 0. The van der Waals surface area contributed by atoms with Crippen LogP contribution in [0.4, 0.5) is 0 Å². The van der Waals surface area contributed by atoms with Gasteiger partial charge in [0.1, 0.15) is 0 Å². The van der Waals surface area contributed by atoms with Crippen LogP contribution in [0, 0.1) is 5.41 Å². The van der Waals surface area contributed by atoms with Gasteiger partial charge in [-0.25, -0.2) is 0 Å². The largest absolute Gasteiger partial charge is 0.396 e. The monoisotopic (exact) mass is 230 g/mol. The SMILES string of the molecule is CC(=O)NCCC(=O)NCC(C)(C)CCO. The van der Waals surface area contributed by atoms with Gasteiger partial charge in [0.2, 0.25) is 11.8 Å². The van der Waals surface area contributed by atoms with E-state index < -0.39 is 0 Å². The molecule has 0 atom stereocenters. The van der Waals surface area contributed by atoms with Gasteiger partial charge in [0.15, 0.2) is 0 Å². The first-order chi connectivity index (χ1) is 7.37. The summed E-state index contributed by atoms with van der Waals surface area (Å²) >= 11 is 0. The van der Waals surface area contributed by atoms with Crippen LogP contribution in [-0.4, -0.2) is 36.6 Å². The van der Waals surface area contributed by atoms with E-state index in [0.29, 0.717) is 19.5 Å². The van der Waals surface area contributed by atoms with Crippen molar-refractivity contribution >= 4 is 11.8 Å². The lowest BCUT2D eigenvalue weighted by molar-refractivity contribution is -0.122. The molecule has 0 rings (SSSR count). The number of nitrogens with one attached hydrogen (secondary N) is 2. The summed E-state index contributed by atoms with van der Waals surface area (Å²) in [4.78, 5) is 21.9. The normalized spacial score (nSPS) is 11.0. The molecule has 0 unspecified atom stereocenters. The lowest BCUT2D eigenvalue weighted by Gasteiger charge is -2.23. The van der Waals surface area contributed by atoms with E-state index >= 15 is 0 Å². The number of hydrogen-bond acceptors (Lipinski definition) is 3. The zero-order valence-corrected chi connectivity index (χ0v) is 10.3. The predicted molar refractivity (Wildman–Crippen MR) is 61.8 cm³/mol. The third kappa shape index (κ3) is 8.23. The zero-order valence-electron chi connectivity index (χ0n) is 10.3. The highest BCUT2D eigenvalue weighted by atomic mass is 16.3. The van der Waals surface area contributed by atoms with Gasteiger partial charge in [-0.15, -0.1) is 0 Å². The first-order valence-electron chi connectivity index (χ1n) is 5.49. The molecule has 0 aliphatic heterocycles. The van der Waals surface area contributed by atoms with E-state index in [1.165, 1.54) is 6.92 Å². The minimum atomic E-state index is -0.131. The highest BCUT2D eigenvalue weighted by molar-refractivity contribution is 5.77. The van der Waals surface area contributed by atoms with Crippen LogP contribution in [0.5, 0.6) is 0 Å². The first kappa shape index (κ1) is 14.9. The Kier molecular flexibility index (Phi) is 6.72. The number of amides is 2. The van der Waals surface area contributed by atoms with Gasteiger partial charge >= 0.3 is 0 Å². The van der Waals surface area contributed by atoms with Crippen LogP contribution in [-0.2, 0) is 9.59 Å². The third-order valence-electron chi connectivity index (χ3n) is 2.28. The van der Waals surface area contributed by atoms with E-state index in [1.807, 2.05) is 13.8 Å². The molecule has 0 aromatic heterocycles. The Morgan fingerprint density at radius 3 is 2.38 bits per heavy atom. The summed E-state index contributed by atoms with van der Waals surface area (Å²) < 4.78 is 0. The number of carbonyl (C=O) groups excluding carboxylic acids is 2. The zero-order chi connectivity index (χ0) is 12.6. The Morgan fingerprint density at radius 1 is 1.25 bits per heavy atom. The smallest absolute Gasteiger partial charge is 0.221 e. The van der Waals surface area contributed by atoms with Crippen molar-refractivity contribution in [3.05, 3.63) is 0 Å². The summed E-state index contributed by atoms with van der Waals surface area (Å²) in [6.45, 7) is 6.40. The molecular weight excluding hydrogens is 208 g/mol. The lowest BCUT2D eigenvalue weighted by atomic mass is 9.90. The molecule has 5 nitrogen and oxygen atoms in total. The maximum Gasteiger partial charge on any atom is 0.221 e. The molecule has 0 radical (unpaired) electrons. The van der Waals surface area contributed by atoms with Crippen molar-refractivity contribution in [1.29, 1.82) is 0 Å². The number of carbonyl (C=O) groups is 2. The summed E-state index contributed by atoms with van der Waals surface area (Å²) in [5.41, 5.74) is -0.0988. The van der Waals surface area contributed by atoms with Gasteiger partial charge in [-0.2, -0.15) is 0 Å². The average molecular weight is 230 g/mol. The van der Waals surface area contributed by atoms with Crippen molar-refractivity contribution in [2.75, 3.05) is 19.7 Å². The van der Waals surface area contributed by atoms with E-state index in [2.05, 4.69) is 10.6 Å². The van der Waals surface area contributed by atoms with E-state index in [9.17, 15) is 9.59 Å².